The van der Waals surface area contributed by atoms with Crippen LogP contribution in [0, 0.1) is 0 Å². The van der Waals surface area contributed by atoms with Crippen LogP contribution in [-0.4, -0.2) is 77.7 Å². The second-order valence-electron chi connectivity index (χ2n) is 6.51. The summed E-state index contributed by atoms with van der Waals surface area (Å²) in [5.74, 6) is -0.170. The fourth-order valence-electron chi connectivity index (χ4n) is 3.13. The SMILES string of the molecule is CS(=O)(=O)c1ncc2ccc3sc(C(=O)N4CCN(C(=O)O)CC4)cc3c2n1. The number of sulfone groups is 1. The summed E-state index contributed by atoms with van der Waals surface area (Å²) in [5.41, 5.74) is 0.485. The number of amides is 2. The van der Waals surface area contributed by atoms with E-state index in [1.807, 2.05) is 6.07 Å². The van der Waals surface area contributed by atoms with Crippen LogP contribution in [0.4, 0.5) is 4.79 Å². The Morgan fingerprint density at radius 2 is 1.82 bits per heavy atom. The largest absolute Gasteiger partial charge is 0.465 e. The van der Waals surface area contributed by atoms with Crippen molar-refractivity contribution >= 4 is 54.2 Å². The molecule has 1 saturated heterocycles. The number of piperazine rings is 1. The van der Waals surface area contributed by atoms with Gasteiger partial charge in [0.25, 0.3) is 5.91 Å². The van der Waals surface area contributed by atoms with E-state index < -0.39 is 15.9 Å². The molecule has 1 aliphatic rings. The molecular weight excluding hydrogens is 404 g/mol. The fraction of sp³-hybridized carbons (Fsp3) is 0.294. The van der Waals surface area contributed by atoms with E-state index in [1.54, 1.807) is 17.0 Å². The van der Waals surface area contributed by atoms with Crippen molar-refractivity contribution in [2.45, 2.75) is 5.16 Å². The van der Waals surface area contributed by atoms with Crippen LogP contribution >= 0.6 is 11.3 Å². The van der Waals surface area contributed by atoms with Gasteiger partial charge in [-0.25, -0.2) is 23.2 Å². The maximum atomic E-state index is 12.8. The minimum atomic E-state index is -3.55. The van der Waals surface area contributed by atoms with Crippen molar-refractivity contribution in [3.05, 3.63) is 29.3 Å². The number of carboxylic acid groups (broad SMARTS) is 1. The van der Waals surface area contributed by atoms with Crippen LogP contribution in [0.15, 0.2) is 29.6 Å². The minimum Gasteiger partial charge on any atom is -0.465 e. The molecule has 9 nitrogen and oxygen atoms in total. The zero-order valence-electron chi connectivity index (χ0n) is 14.8. The Morgan fingerprint density at radius 3 is 2.46 bits per heavy atom. The van der Waals surface area contributed by atoms with E-state index in [2.05, 4.69) is 9.97 Å². The molecule has 1 N–H and O–H groups in total. The van der Waals surface area contributed by atoms with Gasteiger partial charge in [0.2, 0.25) is 15.0 Å². The van der Waals surface area contributed by atoms with Crippen LogP contribution in [0.25, 0.3) is 21.0 Å². The number of rotatable bonds is 2. The summed E-state index contributed by atoms with van der Waals surface area (Å²) in [6.07, 6.45) is 1.53. The van der Waals surface area contributed by atoms with Gasteiger partial charge < -0.3 is 14.9 Å². The lowest BCUT2D eigenvalue weighted by Gasteiger charge is -2.32. The fourth-order valence-corrected chi connectivity index (χ4v) is 4.67. The molecule has 0 atom stereocenters. The summed E-state index contributed by atoms with van der Waals surface area (Å²) in [6, 6.07) is 5.36. The van der Waals surface area contributed by atoms with Gasteiger partial charge in [0, 0.05) is 54.1 Å². The first-order valence-electron chi connectivity index (χ1n) is 8.40. The molecule has 0 unspecified atom stereocenters. The minimum absolute atomic E-state index is 0.170. The van der Waals surface area contributed by atoms with E-state index in [1.165, 1.54) is 22.4 Å². The van der Waals surface area contributed by atoms with E-state index in [4.69, 9.17) is 5.11 Å². The summed E-state index contributed by atoms with van der Waals surface area (Å²) in [4.78, 5) is 35.4. The molecule has 146 valence electrons. The summed E-state index contributed by atoms with van der Waals surface area (Å²) >= 11 is 1.30. The van der Waals surface area contributed by atoms with Crippen molar-refractivity contribution in [3.8, 4) is 0 Å². The number of carbonyl (C=O) groups excluding carboxylic acids is 1. The molecule has 4 rings (SSSR count). The predicted octanol–water partition coefficient (Wildman–Crippen LogP) is 1.68. The lowest BCUT2D eigenvalue weighted by atomic mass is 10.1. The molecule has 1 fully saturated rings. The topological polar surface area (TPSA) is 121 Å². The molecule has 0 bridgehead atoms. The predicted molar refractivity (Wildman–Crippen MR) is 104 cm³/mol. The molecule has 28 heavy (non-hydrogen) atoms. The van der Waals surface area contributed by atoms with Crippen molar-refractivity contribution in [2.75, 3.05) is 32.4 Å². The normalized spacial score (nSPS) is 15.3. The van der Waals surface area contributed by atoms with E-state index in [0.717, 1.165) is 11.0 Å². The standard InChI is InChI=1S/C17H16N4O5S2/c1-28(25,26)16-18-9-10-2-3-12-11(14(10)19-16)8-13(27-12)15(22)20-4-6-21(7-5-20)17(23)24/h2-3,8-9H,4-7H2,1H3,(H,23,24). The van der Waals surface area contributed by atoms with Gasteiger partial charge in [-0.1, -0.05) is 0 Å². The average molecular weight is 420 g/mol. The zero-order valence-corrected chi connectivity index (χ0v) is 16.5. The lowest BCUT2D eigenvalue weighted by molar-refractivity contribution is 0.0629. The van der Waals surface area contributed by atoms with Gasteiger partial charge in [0.1, 0.15) is 0 Å². The second kappa shape index (κ2) is 6.67. The molecule has 0 radical (unpaired) electrons. The molecule has 11 heteroatoms. The second-order valence-corrected chi connectivity index (χ2v) is 9.51. The van der Waals surface area contributed by atoms with Crippen LogP contribution in [0.5, 0.6) is 0 Å². The van der Waals surface area contributed by atoms with Crippen molar-refractivity contribution in [1.82, 2.24) is 19.8 Å². The van der Waals surface area contributed by atoms with Gasteiger partial charge in [-0.15, -0.1) is 11.3 Å². The summed E-state index contributed by atoms with van der Waals surface area (Å²) in [5, 5.41) is 10.2. The number of benzene rings is 1. The smallest absolute Gasteiger partial charge is 0.407 e. The molecule has 3 aromatic rings. The third kappa shape index (κ3) is 3.27. The van der Waals surface area contributed by atoms with Crippen LogP contribution in [0.2, 0.25) is 0 Å². The lowest BCUT2D eigenvalue weighted by Crippen LogP contribution is -2.50. The van der Waals surface area contributed by atoms with Crippen molar-refractivity contribution in [1.29, 1.82) is 0 Å². The Hall–Kier alpha value is -2.79. The number of hydrogen-bond acceptors (Lipinski definition) is 7. The monoisotopic (exact) mass is 420 g/mol. The van der Waals surface area contributed by atoms with Crippen molar-refractivity contribution < 1.29 is 23.1 Å². The number of carbonyl (C=O) groups is 2. The van der Waals surface area contributed by atoms with E-state index in [-0.39, 0.29) is 24.2 Å². The van der Waals surface area contributed by atoms with Crippen LogP contribution in [-0.2, 0) is 9.84 Å². The highest BCUT2D eigenvalue weighted by molar-refractivity contribution is 7.90. The highest BCUT2D eigenvalue weighted by Gasteiger charge is 2.26. The van der Waals surface area contributed by atoms with Crippen molar-refractivity contribution in [2.24, 2.45) is 0 Å². The molecular formula is C17H16N4O5S2. The number of aromatic nitrogens is 2. The van der Waals surface area contributed by atoms with E-state index in [0.29, 0.717) is 34.3 Å². The van der Waals surface area contributed by atoms with Gasteiger partial charge in [-0.05, 0) is 18.2 Å². The number of fused-ring (bicyclic) bond motifs is 3. The molecule has 0 saturated carbocycles. The highest BCUT2D eigenvalue weighted by atomic mass is 32.2. The third-order valence-corrected chi connectivity index (χ3v) is 6.55. The molecule has 3 heterocycles. The summed E-state index contributed by atoms with van der Waals surface area (Å²) in [6.45, 7) is 1.22. The quantitative estimate of drug-likeness (QED) is 0.626. The first kappa shape index (κ1) is 18.6. The average Bonchev–Trinajstić information content (AvgIpc) is 3.11. The maximum Gasteiger partial charge on any atom is 0.407 e. The number of nitrogens with zero attached hydrogens (tertiary/aromatic N) is 4. The van der Waals surface area contributed by atoms with Gasteiger partial charge in [-0.3, -0.25) is 4.79 Å². The van der Waals surface area contributed by atoms with Gasteiger partial charge in [-0.2, -0.15) is 0 Å². The molecule has 2 aromatic heterocycles. The summed E-state index contributed by atoms with van der Waals surface area (Å²) in [7, 11) is -3.55. The number of hydrogen-bond donors (Lipinski definition) is 1. The Balaban J connectivity index is 1.70. The highest BCUT2D eigenvalue weighted by Crippen LogP contribution is 2.32. The van der Waals surface area contributed by atoms with Gasteiger partial charge in [0.15, 0.2) is 0 Å². The molecule has 2 amide bonds. The Kier molecular flexibility index (Phi) is 4.42. The van der Waals surface area contributed by atoms with Crippen LogP contribution < -0.4 is 0 Å². The van der Waals surface area contributed by atoms with Gasteiger partial charge in [0.05, 0.1) is 10.4 Å². The Morgan fingerprint density at radius 1 is 1.14 bits per heavy atom. The molecule has 0 spiro atoms. The Bertz CT molecular complexity index is 1210. The maximum absolute atomic E-state index is 12.8. The van der Waals surface area contributed by atoms with E-state index in [9.17, 15) is 18.0 Å². The first-order valence-corrected chi connectivity index (χ1v) is 11.1. The zero-order chi connectivity index (χ0) is 20.1. The summed E-state index contributed by atoms with van der Waals surface area (Å²) < 4.78 is 24.4. The third-order valence-electron chi connectivity index (χ3n) is 4.60. The van der Waals surface area contributed by atoms with Gasteiger partial charge >= 0.3 is 6.09 Å². The molecule has 1 aliphatic heterocycles. The molecule has 1 aromatic carbocycles. The van der Waals surface area contributed by atoms with E-state index >= 15 is 0 Å². The van der Waals surface area contributed by atoms with Crippen LogP contribution in [0.3, 0.4) is 0 Å². The molecule has 0 aliphatic carbocycles. The van der Waals surface area contributed by atoms with Crippen molar-refractivity contribution in [3.63, 3.8) is 0 Å². The Labute approximate surface area is 164 Å². The number of thiophene rings is 1. The van der Waals surface area contributed by atoms with Crippen LogP contribution in [0.1, 0.15) is 9.67 Å². The first-order chi connectivity index (χ1) is 13.2.